The van der Waals surface area contributed by atoms with Gasteiger partial charge in [0, 0.05) is 158 Å². The van der Waals surface area contributed by atoms with Crippen molar-refractivity contribution in [3.05, 3.63) is 174 Å². The van der Waals surface area contributed by atoms with Crippen LogP contribution in [0.4, 0.5) is 46.4 Å². The highest BCUT2D eigenvalue weighted by Gasteiger charge is 2.34. The Morgan fingerprint density at radius 3 is 1.58 bits per heavy atom. The average molecular weight is 1930 g/mol. The van der Waals surface area contributed by atoms with Crippen LogP contribution in [-0.4, -0.2) is 212 Å². The molecule has 6 unspecified atom stereocenters. The number of aryl methyl sites for hydroxylation is 2. The standard InChI is InChI=1S/C32H38N8O2.C8H14N4O3.C8H12N4O2.C8H14N4.C7H10BrN3O3.C7H11N3O4.CH5N.Br3OP/c1-5-24-25(10-11-33-30(24)39-13-12-38-27-9-7-6-8-21(27)15-28(38)32(39)42)22-14-26(31(41)37(4)18-22)34-29-16-23-19-36(3)20(2)17-40(23)35-29;1-6(13)5-11-7(4-9-2)3-8(10-11)12(14)15;1-6-4-11-7(5-10(6)2)3-8(9-11)12(13)14;1-6-4-12-7(5-11(6)2)3-8(9)10-12;1-5(12)4-10-6(3-8)2-7(9-10)11(13)14;1-5(12)3-9-6(4-11)2-7(8-9)10(13)14;1-2;1-5(2,3)4/h10-11,14-16,18,20H,5-9,12-13,17,19H2,1-4H3,(H,34,35);3,6,9,13H,4-5H2,1-2H3;3,6H,4-5H2,1-2H3;3,6H,4-5H2,1-2H3,(H2,9,10);2,5,12H,3-4H2,1H3;2,5,11-12H,3-4H2,1H3;2H2,1H3;. The highest BCUT2D eigenvalue weighted by Crippen LogP contribution is 2.68. The first-order valence-electron chi connectivity index (χ1n) is 37.6. The number of aliphatic hydroxyl groups is 4. The summed E-state index contributed by atoms with van der Waals surface area (Å²) in [5, 5.41) is 109. The molecule has 0 saturated heterocycles. The SMILES string of the molecule is CC(O)Cn1nc([N+](=O)[O-])cc1CBr.CC(O)Cn1nc([N+](=O)[O-])cc1CO.CC1Cn2nc(N)cc2CN1C.CC1Cn2nc([N+](=O)[O-])cc2CN1C.CCc1c(-c2cc(Nc3cc4n(n3)CC(C)N(C)C4)c(=O)n(C)c2)ccnc1N1CCn2c(cc3c2CCCC3)C1=O.CN.CNCc1cc([N+](=O)[O-])nn1CC(C)O.O=P(Br)(Br)Br. The maximum atomic E-state index is 13.8. The van der Waals surface area contributed by atoms with E-state index < -0.39 is 41.3 Å². The van der Waals surface area contributed by atoms with Gasteiger partial charge in [-0.15, -0.1) is 0 Å². The molecule has 6 atom stereocenters. The molecule has 1 aliphatic carbocycles. The van der Waals surface area contributed by atoms with Gasteiger partial charge in [0.05, 0.1) is 143 Å². The summed E-state index contributed by atoms with van der Waals surface area (Å²) in [6, 6.07) is 16.8. The molecule has 42 nitrogen and oxygen atoms in total. The van der Waals surface area contributed by atoms with Gasteiger partial charge in [-0.3, -0.25) is 43.1 Å². The summed E-state index contributed by atoms with van der Waals surface area (Å²) in [4.78, 5) is 80.0. The van der Waals surface area contributed by atoms with Crippen LogP contribution in [-0.2, 0) is 115 Å². The third-order valence-corrected chi connectivity index (χ3v) is 20.1. The molecule has 0 bridgehead atoms. The monoisotopic (exact) mass is 1920 g/mol. The quantitative estimate of drug-likeness (QED) is 0.0163. The molecule has 0 spiro atoms. The Morgan fingerprint density at radius 2 is 1.09 bits per heavy atom. The fraction of sp³-hybridized carbons (Fsp3) is 0.535. The molecule has 9 aromatic rings. The molecule has 0 fully saturated rings. The lowest BCUT2D eigenvalue weighted by atomic mass is 9.98. The minimum Gasteiger partial charge on any atom is -0.391 e. The maximum absolute atomic E-state index is 13.8. The molecular weight excluding hydrogens is 1820 g/mol. The number of amides is 1. The van der Waals surface area contributed by atoms with Crippen molar-refractivity contribution in [1.29, 1.82) is 0 Å². The van der Waals surface area contributed by atoms with E-state index in [9.17, 15) is 59.7 Å². The number of fused-ring (bicyclic) bond motifs is 6. The van der Waals surface area contributed by atoms with Gasteiger partial charge in [-0.25, -0.2) is 4.98 Å². The number of nitrogens with one attached hydrogen (secondary N) is 2. The zero-order chi connectivity index (χ0) is 87.5. The van der Waals surface area contributed by atoms with Crippen LogP contribution >= 0.6 is 65.6 Å². The van der Waals surface area contributed by atoms with Gasteiger partial charge in [-0.05, 0) is 158 Å². The zero-order valence-corrected chi connectivity index (χ0v) is 75.2. The van der Waals surface area contributed by atoms with E-state index in [1.165, 1.54) is 76.0 Å². The molecule has 118 heavy (non-hydrogen) atoms. The Balaban J connectivity index is 0.000000210. The molecule has 47 heteroatoms. The van der Waals surface area contributed by atoms with Gasteiger partial charge < -0.3 is 92.1 Å². The fourth-order valence-corrected chi connectivity index (χ4v) is 13.9. The number of aromatic nitrogens is 15. The van der Waals surface area contributed by atoms with Crippen molar-refractivity contribution < 1.29 is 49.5 Å². The molecule has 5 aliphatic rings. The summed E-state index contributed by atoms with van der Waals surface area (Å²) < 4.78 is 21.4. The van der Waals surface area contributed by atoms with Gasteiger partial charge in [-0.2, -0.15) is 28.9 Å². The van der Waals surface area contributed by atoms with E-state index in [0.29, 0.717) is 83.2 Å². The first-order chi connectivity index (χ1) is 55.7. The Bertz CT molecular complexity index is 4850. The number of rotatable bonds is 19. The number of carbonyl (C=O) groups is 1. The second kappa shape index (κ2) is 43.9. The molecule has 0 saturated carbocycles. The smallest absolute Gasteiger partial charge is 0.390 e. The van der Waals surface area contributed by atoms with Crippen molar-refractivity contribution in [3.8, 4) is 11.1 Å². The van der Waals surface area contributed by atoms with Crippen molar-refractivity contribution in [1.82, 2.24) is 92.8 Å². The third-order valence-electron chi connectivity index (χ3n) is 19.5. The molecule has 4 aliphatic heterocycles. The number of hydrogen-bond acceptors (Lipinski definition) is 29. The van der Waals surface area contributed by atoms with Crippen LogP contribution in [0.25, 0.3) is 11.1 Å². The van der Waals surface area contributed by atoms with E-state index >= 15 is 0 Å². The van der Waals surface area contributed by atoms with Crippen molar-refractivity contribution in [2.45, 2.75) is 201 Å². The van der Waals surface area contributed by atoms with Crippen molar-refractivity contribution in [2.75, 3.05) is 57.7 Å². The summed E-state index contributed by atoms with van der Waals surface area (Å²) in [6.07, 6.45) is 6.99. The van der Waals surface area contributed by atoms with Crippen LogP contribution in [0.1, 0.15) is 123 Å². The predicted octanol–water partition coefficient (Wildman–Crippen LogP) is 8.53. The van der Waals surface area contributed by atoms with Crippen molar-refractivity contribution in [3.63, 3.8) is 0 Å². The number of aliphatic hydroxyl groups excluding tert-OH is 4. The number of halogens is 4. The summed E-state index contributed by atoms with van der Waals surface area (Å²) in [6.45, 7) is 20.4. The minimum absolute atomic E-state index is 0.0153. The second-order valence-corrected chi connectivity index (χ2v) is 47.7. The van der Waals surface area contributed by atoms with Gasteiger partial charge in [0.25, 0.3) is 14.7 Å². The fourth-order valence-electron chi connectivity index (χ4n) is 13.4. The Kier molecular flexibility index (Phi) is 35.8. The zero-order valence-electron chi connectivity index (χ0n) is 67.9. The highest BCUT2D eigenvalue weighted by molar-refractivity contribution is 9.94. The number of anilines is 4. The highest BCUT2D eigenvalue weighted by atomic mass is 80.0. The number of carbonyl (C=O) groups excluding carboxylic acids is 1. The summed E-state index contributed by atoms with van der Waals surface area (Å²) in [5.41, 5.74) is 21.7. The van der Waals surface area contributed by atoms with Gasteiger partial charge in [0.15, 0.2) is 5.82 Å². The number of pyridine rings is 2. The molecule has 0 aromatic carbocycles. The number of likely N-dealkylation sites (N-methyl/N-ethyl adjacent to an activating group) is 3. The van der Waals surface area contributed by atoms with Crippen molar-refractivity contribution >= 4 is 118 Å². The normalized spacial score (nSPS) is 16.8. The second-order valence-electron chi connectivity index (χ2n) is 28.8. The van der Waals surface area contributed by atoms with E-state index in [4.69, 9.17) is 31.1 Å². The van der Waals surface area contributed by atoms with Crippen LogP contribution in [0, 0.1) is 40.5 Å². The molecule has 0 radical (unpaired) electrons. The van der Waals surface area contributed by atoms with Crippen LogP contribution in [0.3, 0.4) is 0 Å². The molecule has 10 N–H and O–H groups in total. The summed E-state index contributed by atoms with van der Waals surface area (Å²) in [7, 11) is 11.3. The predicted molar refractivity (Wildman–Crippen MR) is 458 cm³/mol. The molecule has 1 amide bonds. The van der Waals surface area contributed by atoms with Crippen molar-refractivity contribution in [2.24, 2.45) is 12.8 Å². The largest absolute Gasteiger partial charge is 0.391 e. The number of nitrogens with two attached hydrogens (primary N) is 2. The van der Waals surface area contributed by atoms with Crippen LogP contribution < -0.4 is 32.6 Å². The summed E-state index contributed by atoms with van der Waals surface area (Å²) in [5.74, 6) is 1.25. The van der Waals surface area contributed by atoms with Crippen LogP contribution in [0.15, 0.2) is 71.8 Å². The van der Waals surface area contributed by atoms with E-state index in [2.05, 4.69) is 171 Å². The Morgan fingerprint density at radius 1 is 0.636 bits per heavy atom. The van der Waals surface area contributed by atoms with E-state index in [1.807, 2.05) is 51.8 Å². The lowest BCUT2D eigenvalue weighted by molar-refractivity contribution is -0.390. The molecule has 9 aromatic heterocycles. The number of nitrogens with zero attached hydrogens (tertiary/aromatic N) is 23. The minimum atomic E-state index is -2.20. The first kappa shape index (κ1) is 96.2. The number of nitrogen functional groups attached to an aromatic ring is 1. The first-order valence-corrected chi connectivity index (χ1v) is 46.5. The van der Waals surface area contributed by atoms with Crippen LogP contribution in [0.2, 0.25) is 0 Å². The number of nitro groups is 4. The summed E-state index contributed by atoms with van der Waals surface area (Å²) >= 11 is 11.5. The molecule has 13 heterocycles. The van der Waals surface area contributed by atoms with Gasteiger partial charge in [0.2, 0.25) is 0 Å². The molecule has 646 valence electrons. The molecule has 14 rings (SSSR count). The molecular formula is C71H104Br4N27O15P. The van der Waals surface area contributed by atoms with Gasteiger partial charge >= 0.3 is 23.3 Å². The Labute approximate surface area is 712 Å². The van der Waals surface area contributed by atoms with E-state index in [-0.39, 0.29) is 61.0 Å². The van der Waals surface area contributed by atoms with E-state index in [1.54, 1.807) is 49.5 Å². The Hall–Kier alpha value is -8.90. The maximum Gasteiger partial charge on any atom is 0.390 e. The van der Waals surface area contributed by atoms with Gasteiger partial charge in [-0.1, -0.05) is 22.9 Å². The van der Waals surface area contributed by atoms with E-state index in [0.717, 1.165) is 92.4 Å². The number of hydrogen-bond donors (Lipinski definition) is 8. The van der Waals surface area contributed by atoms with Crippen LogP contribution in [0.5, 0.6) is 0 Å². The topological polar surface area (TPSA) is 523 Å². The average Bonchev–Trinajstić information content (AvgIpc) is 1.51. The lowest BCUT2D eigenvalue weighted by Gasteiger charge is -2.31. The lowest BCUT2D eigenvalue weighted by Crippen LogP contribution is -2.41. The third kappa shape index (κ3) is 26.3. The number of alkyl halides is 1. The van der Waals surface area contributed by atoms with Gasteiger partial charge in [0.1, 0.15) is 23.0 Å².